The fourth-order valence-corrected chi connectivity index (χ4v) is 5.37. The van der Waals surface area contributed by atoms with Gasteiger partial charge in [0.15, 0.2) is 6.61 Å². The van der Waals surface area contributed by atoms with E-state index in [0.717, 1.165) is 23.6 Å². The van der Waals surface area contributed by atoms with Crippen LogP contribution >= 0.6 is 61.1 Å². The first-order chi connectivity index (χ1) is 15.2. The second-order valence-corrected chi connectivity index (χ2v) is 10.2. The van der Waals surface area contributed by atoms with Gasteiger partial charge in [0.05, 0.1) is 31.4 Å². The standard InChI is InChI=1S/C22H20BrI2N3O4/c1-4-12(2)21-27-18-6-5-14(23)9-15(18)22(30)28(21)26-10-13-7-16(24)20(17(25)8-13)32-11-19(29)31-3/h5-10,12H,4,11H2,1-3H3/t12-/m1/s1. The summed E-state index contributed by atoms with van der Waals surface area (Å²) in [5.41, 5.74) is 1.22. The molecule has 32 heavy (non-hydrogen) atoms. The molecule has 10 heteroatoms. The summed E-state index contributed by atoms with van der Waals surface area (Å²) in [4.78, 5) is 29.3. The molecule has 2 aromatic carbocycles. The zero-order valence-corrected chi connectivity index (χ0v) is 23.5. The van der Waals surface area contributed by atoms with Crippen molar-refractivity contribution in [3.63, 3.8) is 0 Å². The highest BCUT2D eigenvalue weighted by Crippen LogP contribution is 2.29. The molecule has 1 atom stereocenters. The van der Waals surface area contributed by atoms with E-state index in [2.05, 4.69) is 77.9 Å². The molecule has 7 nitrogen and oxygen atoms in total. The first-order valence-corrected chi connectivity index (χ1v) is 12.6. The molecule has 1 aromatic heterocycles. The Hall–Kier alpha value is -1.54. The molecule has 3 aromatic rings. The van der Waals surface area contributed by atoms with Gasteiger partial charge in [-0.1, -0.05) is 29.8 Å². The largest absolute Gasteiger partial charge is 0.480 e. The summed E-state index contributed by atoms with van der Waals surface area (Å²) in [6.07, 6.45) is 2.46. The van der Waals surface area contributed by atoms with Crippen molar-refractivity contribution in [2.75, 3.05) is 13.7 Å². The number of aromatic nitrogens is 2. The summed E-state index contributed by atoms with van der Waals surface area (Å²) in [5.74, 6) is 0.825. The molecule has 0 unspecified atom stereocenters. The number of fused-ring (bicyclic) bond motifs is 1. The number of ether oxygens (including phenoxy) is 2. The van der Waals surface area contributed by atoms with Crippen molar-refractivity contribution >= 4 is 84.2 Å². The minimum absolute atomic E-state index is 0.0577. The lowest BCUT2D eigenvalue weighted by Gasteiger charge is -2.14. The Bertz CT molecular complexity index is 1240. The molecular weight excluding hydrogens is 704 g/mol. The number of hydrogen-bond acceptors (Lipinski definition) is 6. The fraction of sp³-hybridized carbons (Fsp3) is 0.273. The Kier molecular flexibility index (Phi) is 8.67. The molecule has 0 radical (unpaired) electrons. The molecule has 0 bridgehead atoms. The Labute approximate surface area is 221 Å². The first-order valence-electron chi connectivity index (χ1n) is 9.70. The number of nitrogens with zero attached hydrogens (tertiary/aromatic N) is 3. The van der Waals surface area contributed by atoms with Crippen LogP contribution in [0, 0.1) is 7.14 Å². The van der Waals surface area contributed by atoms with Gasteiger partial charge in [-0.15, -0.1) is 0 Å². The summed E-state index contributed by atoms with van der Waals surface area (Å²) in [7, 11) is 1.32. The van der Waals surface area contributed by atoms with Crippen LogP contribution in [0.25, 0.3) is 10.9 Å². The first kappa shape index (κ1) is 25.1. The normalized spacial score (nSPS) is 12.3. The molecule has 0 aliphatic rings. The Balaban J connectivity index is 2.03. The van der Waals surface area contributed by atoms with E-state index in [4.69, 9.17) is 9.72 Å². The lowest BCUT2D eigenvalue weighted by Crippen LogP contribution is -2.23. The van der Waals surface area contributed by atoms with Gasteiger partial charge in [-0.2, -0.15) is 9.78 Å². The van der Waals surface area contributed by atoms with Gasteiger partial charge in [-0.05, 0) is 87.5 Å². The molecule has 0 N–H and O–H groups in total. The van der Waals surface area contributed by atoms with E-state index in [0.29, 0.717) is 22.5 Å². The molecule has 0 aliphatic heterocycles. The highest BCUT2D eigenvalue weighted by atomic mass is 127. The van der Waals surface area contributed by atoms with Crippen molar-refractivity contribution in [1.82, 2.24) is 9.66 Å². The van der Waals surface area contributed by atoms with Gasteiger partial charge in [0.1, 0.15) is 11.6 Å². The van der Waals surface area contributed by atoms with Crippen LogP contribution in [-0.4, -0.2) is 35.6 Å². The van der Waals surface area contributed by atoms with Crippen molar-refractivity contribution in [2.24, 2.45) is 5.10 Å². The minimum atomic E-state index is -0.449. The zero-order chi connectivity index (χ0) is 23.4. The molecule has 1 heterocycles. The topological polar surface area (TPSA) is 82.8 Å². The van der Waals surface area contributed by atoms with Crippen molar-refractivity contribution < 1.29 is 14.3 Å². The average molecular weight is 724 g/mol. The molecule has 0 spiro atoms. The maximum Gasteiger partial charge on any atom is 0.343 e. The van der Waals surface area contributed by atoms with Crippen LogP contribution in [0.1, 0.15) is 37.6 Å². The van der Waals surface area contributed by atoms with Crippen molar-refractivity contribution in [1.29, 1.82) is 0 Å². The smallest absolute Gasteiger partial charge is 0.343 e. The predicted molar refractivity (Wildman–Crippen MR) is 145 cm³/mol. The van der Waals surface area contributed by atoms with E-state index in [1.54, 1.807) is 12.3 Å². The summed E-state index contributed by atoms with van der Waals surface area (Å²) in [6.45, 7) is 3.91. The maximum absolute atomic E-state index is 13.2. The predicted octanol–water partition coefficient (Wildman–Crippen LogP) is 5.32. The zero-order valence-electron chi connectivity index (χ0n) is 17.6. The molecule has 168 valence electrons. The van der Waals surface area contributed by atoms with Crippen molar-refractivity contribution in [3.8, 4) is 5.75 Å². The van der Waals surface area contributed by atoms with Crippen molar-refractivity contribution in [3.05, 3.63) is 63.7 Å². The number of methoxy groups -OCH3 is 1. The number of halogens is 3. The number of hydrogen-bond donors (Lipinski definition) is 0. The molecule has 0 amide bonds. The van der Waals surface area contributed by atoms with E-state index in [1.165, 1.54) is 11.8 Å². The average Bonchev–Trinajstić information content (AvgIpc) is 2.77. The van der Waals surface area contributed by atoms with E-state index in [-0.39, 0.29) is 18.1 Å². The number of rotatable bonds is 7. The van der Waals surface area contributed by atoms with Gasteiger partial charge in [0, 0.05) is 10.4 Å². The SMILES string of the molecule is CC[C@@H](C)c1nc2ccc(Br)cc2c(=O)n1N=Cc1cc(I)c(OCC(=O)OC)c(I)c1. The third-order valence-electron chi connectivity index (χ3n) is 4.79. The van der Waals surface area contributed by atoms with Crippen LogP contribution < -0.4 is 10.3 Å². The van der Waals surface area contributed by atoms with Crippen molar-refractivity contribution in [2.45, 2.75) is 26.2 Å². The third kappa shape index (κ3) is 5.68. The van der Waals surface area contributed by atoms with Gasteiger partial charge < -0.3 is 9.47 Å². The number of benzene rings is 2. The monoisotopic (exact) mass is 723 g/mol. The van der Waals surface area contributed by atoms with Crippen LogP contribution in [0.2, 0.25) is 0 Å². The summed E-state index contributed by atoms with van der Waals surface area (Å²) >= 11 is 7.70. The van der Waals surface area contributed by atoms with E-state index < -0.39 is 5.97 Å². The lowest BCUT2D eigenvalue weighted by molar-refractivity contribution is -0.142. The molecule has 0 aliphatic carbocycles. The maximum atomic E-state index is 13.2. The van der Waals surface area contributed by atoms with Gasteiger partial charge in [-0.3, -0.25) is 4.79 Å². The minimum Gasteiger partial charge on any atom is -0.480 e. The summed E-state index contributed by atoms with van der Waals surface area (Å²) in [6, 6.07) is 9.21. The highest BCUT2D eigenvalue weighted by Gasteiger charge is 2.16. The lowest BCUT2D eigenvalue weighted by atomic mass is 10.1. The van der Waals surface area contributed by atoms with Gasteiger partial charge in [0.2, 0.25) is 0 Å². The summed E-state index contributed by atoms with van der Waals surface area (Å²) in [5, 5.41) is 5.00. The molecular formula is C22H20BrI2N3O4. The highest BCUT2D eigenvalue weighted by molar-refractivity contribution is 14.1. The second kappa shape index (κ2) is 11.1. The van der Waals surface area contributed by atoms with Gasteiger partial charge in [-0.25, -0.2) is 9.78 Å². The molecule has 0 fully saturated rings. The number of carbonyl (C=O) groups is 1. The Morgan fingerprint density at radius 3 is 2.59 bits per heavy atom. The number of carbonyl (C=O) groups excluding carboxylic acids is 1. The van der Waals surface area contributed by atoms with Crippen LogP contribution in [0.3, 0.4) is 0 Å². The fourth-order valence-electron chi connectivity index (χ4n) is 2.89. The van der Waals surface area contributed by atoms with E-state index in [9.17, 15) is 9.59 Å². The van der Waals surface area contributed by atoms with E-state index >= 15 is 0 Å². The quantitative estimate of drug-likeness (QED) is 0.188. The van der Waals surface area contributed by atoms with Gasteiger partial charge in [0.25, 0.3) is 5.56 Å². The van der Waals surface area contributed by atoms with E-state index in [1.807, 2.05) is 31.2 Å². The van der Waals surface area contributed by atoms with Gasteiger partial charge >= 0.3 is 5.97 Å². The number of esters is 1. The third-order valence-corrected chi connectivity index (χ3v) is 6.89. The molecule has 0 saturated carbocycles. The summed E-state index contributed by atoms with van der Waals surface area (Å²) < 4.78 is 14.0. The molecule has 3 rings (SSSR count). The Morgan fingerprint density at radius 1 is 1.28 bits per heavy atom. The van der Waals surface area contributed by atoms with Crippen LogP contribution in [0.4, 0.5) is 0 Å². The van der Waals surface area contributed by atoms with Crippen LogP contribution in [0.5, 0.6) is 5.75 Å². The van der Waals surface area contributed by atoms with Crippen LogP contribution in [0.15, 0.2) is 44.7 Å². The second-order valence-electron chi connectivity index (χ2n) is 6.98. The molecule has 0 saturated heterocycles. The van der Waals surface area contributed by atoms with Crippen LogP contribution in [-0.2, 0) is 9.53 Å². The Morgan fingerprint density at radius 2 is 1.97 bits per heavy atom.